The summed E-state index contributed by atoms with van der Waals surface area (Å²) in [6.45, 7) is 2.13. The summed E-state index contributed by atoms with van der Waals surface area (Å²) in [5.41, 5.74) is 0. The average molecular weight is 293 g/mol. The molecule has 5 nitrogen and oxygen atoms in total. The van der Waals surface area contributed by atoms with Crippen LogP contribution < -0.4 is 17.0 Å². The normalized spacial score (nSPS) is 9.72. The van der Waals surface area contributed by atoms with Crippen LogP contribution in [0.15, 0.2) is 17.6 Å². The van der Waals surface area contributed by atoms with Gasteiger partial charge in [-0.05, 0) is 18.7 Å². The molecule has 0 fully saturated rings. The second-order valence-corrected chi connectivity index (χ2v) is 4.64. The number of carbonyl (C=O) groups is 2. The zero-order valence-corrected chi connectivity index (χ0v) is 12.3. The number of thioether (sulfide) groups is 1. The molecule has 0 bridgehead atoms. The van der Waals surface area contributed by atoms with E-state index in [0.29, 0.717) is 18.7 Å². The van der Waals surface area contributed by atoms with Gasteiger partial charge in [0.1, 0.15) is 24.7 Å². The lowest BCUT2D eigenvalue weighted by Gasteiger charge is -2.01. The van der Waals surface area contributed by atoms with Crippen LogP contribution in [0.4, 0.5) is 0 Å². The van der Waals surface area contributed by atoms with E-state index in [0.717, 1.165) is 5.16 Å². The average Bonchev–Trinajstić information content (AvgIpc) is 2.64. The van der Waals surface area contributed by atoms with Gasteiger partial charge in [0.15, 0.2) is 0 Å². The van der Waals surface area contributed by atoms with E-state index in [9.17, 15) is 9.59 Å². The van der Waals surface area contributed by atoms with Gasteiger partial charge in [0.25, 0.3) is 0 Å². The fourth-order valence-electron chi connectivity index (χ4n) is 1.35. The van der Waals surface area contributed by atoms with Crippen LogP contribution in [0.1, 0.15) is 13.3 Å². The third-order valence-corrected chi connectivity index (χ3v) is 3.54. The predicted molar refractivity (Wildman–Crippen MR) is 63.6 cm³/mol. The van der Waals surface area contributed by atoms with E-state index in [1.165, 1.54) is 18.9 Å². The number of nitrogens with zero attached hydrogens (tertiary/aromatic N) is 2. The number of ketones is 1. The molecule has 1 heterocycles. The molecule has 0 aliphatic heterocycles. The lowest BCUT2D eigenvalue weighted by Crippen LogP contribution is -3.00. The van der Waals surface area contributed by atoms with E-state index in [4.69, 9.17) is 0 Å². The van der Waals surface area contributed by atoms with Crippen molar-refractivity contribution in [2.24, 2.45) is 7.05 Å². The van der Waals surface area contributed by atoms with Crippen LogP contribution in [-0.2, 0) is 27.9 Å². The molecular weight excluding hydrogens is 276 g/mol. The number of imidazole rings is 1. The van der Waals surface area contributed by atoms with Crippen molar-refractivity contribution in [1.82, 2.24) is 4.57 Å². The number of aryl methyl sites for hydroxylation is 2. The smallest absolute Gasteiger partial charge is 0.318 e. The van der Waals surface area contributed by atoms with Gasteiger partial charge >= 0.3 is 11.1 Å². The molecule has 0 amide bonds. The van der Waals surface area contributed by atoms with Gasteiger partial charge in [-0.2, -0.15) is 0 Å². The molecule has 0 radical (unpaired) electrons. The zero-order chi connectivity index (χ0) is 12.8. The molecule has 1 aromatic rings. The highest BCUT2D eigenvalue weighted by Crippen LogP contribution is 2.14. The van der Waals surface area contributed by atoms with Crippen LogP contribution in [0.5, 0.6) is 0 Å². The number of ether oxygens (including phenoxy) is 1. The minimum atomic E-state index is -0.233. The number of hydrogen-bond donors (Lipinski definition) is 0. The second-order valence-electron chi connectivity index (χ2n) is 3.70. The number of hydrogen-bond acceptors (Lipinski definition) is 4. The molecule has 0 unspecified atom stereocenters. The maximum atomic E-state index is 11.1. The molecule has 0 atom stereocenters. The molecule has 1 rings (SSSR count). The highest BCUT2D eigenvalue weighted by Gasteiger charge is 2.16. The summed E-state index contributed by atoms with van der Waals surface area (Å²) in [6, 6.07) is 0. The second kappa shape index (κ2) is 8.16. The summed E-state index contributed by atoms with van der Waals surface area (Å²) in [7, 11) is 3.29. The number of rotatable bonds is 6. The fourth-order valence-corrected chi connectivity index (χ4v) is 2.26. The number of aromatic nitrogens is 2. The summed E-state index contributed by atoms with van der Waals surface area (Å²) in [5, 5.41) is 0.962. The minimum absolute atomic E-state index is 0. The van der Waals surface area contributed by atoms with Gasteiger partial charge in [0, 0.05) is 0 Å². The van der Waals surface area contributed by atoms with Crippen LogP contribution in [0.25, 0.3) is 0 Å². The molecule has 0 aromatic carbocycles. The maximum Gasteiger partial charge on any atom is 0.318 e. The molecule has 0 saturated carbocycles. The molecule has 102 valence electrons. The largest absolute Gasteiger partial charge is 1.00 e. The number of esters is 1. The Morgan fingerprint density at radius 2 is 2.17 bits per heavy atom. The van der Waals surface area contributed by atoms with Crippen molar-refractivity contribution in [3.63, 3.8) is 0 Å². The molecule has 0 saturated heterocycles. The summed E-state index contributed by atoms with van der Waals surface area (Å²) >= 11 is 1.47. The van der Waals surface area contributed by atoms with E-state index in [1.807, 2.05) is 28.6 Å². The third-order valence-electron chi connectivity index (χ3n) is 2.21. The summed E-state index contributed by atoms with van der Waals surface area (Å²) in [5.74, 6) is 0.343. The van der Waals surface area contributed by atoms with E-state index >= 15 is 0 Å². The Balaban J connectivity index is 0.00000289. The Bertz CT molecular complexity index is 420. The topological polar surface area (TPSA) is 52.2 Å². The number of Topliss-reactive ketones (excluding diaryl/α,β-unsaturated/α-hetero) is 1. The van der Waals surface area contributed by atoms with Gasteiger partial charge in [-0.3, -0.25) is 9.59 Å². The molecule has 18 heavy (non-hydrogen) atoms. The minimum Gasteiger partial charge on any atom is -1.00 e. The lowest BCUT2D eigenvalue weighted by atomic mass is 10.4. The number of methoxy groups -OCH3 is 1. The molecule has 7 heteroatoms. The first-order chi connectivity index (χ1) is 8.04. The quantitative estimate of drug-likeness (QED) is 0.332. The fraction of sp³-hybridized carbons (Fsp3) is 0.545. The van der Waals surface area contributed by atoms with Crippen LogP contribution in [0.2, 0.25) is 0 Å². The van der Waals surface area contributed by atoms with Gasteiger partial charge in [0.05, 0.1) is 26.3 Å². The lowest BCUT2D eigenvalue weighted by molar-refractivity contribution is -0.709. The van der Waals surface area contributed by atoms with E-state index in [2.05, 4.69) is 4.74 Å². The van der Waals surface area contributed by atoms with E-state index < -0.39 is 0 Å². The highest BCUT2D eigenvalue weighted by molar-refractivity contribution is 7.99. The first-order valence-corrected chi connectivity index (χ1v) is 6.27. The molecule has 1 aromatic heterocycles. The highest BCUT2D eigenvalue weighted by atomic mass is 35.5. The van der Waals surface area contributed by atoms with E-state index in [1.54, 1.807) is 6.92 Å². The monoisotopic (exact) mass is 292 g/mol. The van der Waals surface area contributed by atoms with Gasteiger partial charge in [-0.25, -0.2) is 9.13 Å². The summed E-state index contributed by atoms with van der Waals surface area (Å²) in [6.07, 6.45) is 4.13. The zero-order valence-electron chi connectivity index (χ0n) is 10.7. The number of halogens is 1. The maximum absolute atomic E-state index is 11.1. The van der Waals surface area contributed by atoms with Crippen molar-refractivity contribution in [1.29, 1.82) is 0 Å². The summed E-state index contributed by atoms with van der Waals surface area (Å²) in [4.78, 5) is 22.0. The standard InChI is InChI=1S/C11H17N2O3S.ClH/c1-9(14)8-17-11-12(2)6-7-13(11)5-4-10(15)16-3;/h6-7H,4-5,8H2,1-3H3;1H/q+1;/p-1. The number of carbonyl (C=O) groups excluding carboxylic acids is 2. The molecule has 0 aliphatic rings. The Kier molecular flexibility index (Phi) is 7.70. The Labute approximate surface area is 117 Å². The van der Waals surface area contributed by atoms with Gasteiger partial charge in [-0.15, -0.1) is 0 Å². The summed E-state index contributed by atoms with van der Waals surface area (Å²) < 4.78 is 8.48. The van der Waals surface area contributed by atoms with Crippen molar-refractivity contribution in [2.75, 3.05) is 12.9 Å². The van der Waals surface area contributed by atoms with Crippen LogP contribution in [0.3, 0.4) is 0 Å². The Morgan fingerprint density at radius 3 is 2.72 bits per heavy atom. The predicted octanol–water partition coefficient (Wildman–Crippen LogP) is -2.44. The molecular formula is C11H17ClN2O3S. The van der Waals surface area contributed by atoms with Crippen molar-refractivity contribution in [3.05, 3.63) is 12.4 Å². The first kappa shape index (κ1) is 17.0. The first-order valence-electron chi connectivity index (χ1n) is 5.28. The van der Waals surface area contributed by atoms with Crippen LogP contribution in [-0.4, -0.2) is 29.2 Å². The van der Waals surface area contributed by atoms with Crippen molar-refractivity contribution in [3.8, 4) is 0 Å². The Morgan fingerprint density at radius 1 is 1.50 bits per heavy atom. The van der Waals surface area contributed by atoms with Crippen molar-refractivity contribution in [2.45, 2.75) is 25.0 Å². The van der Waals surface area contributed by atoms with Crippen molar-refractivity contribution >= 4 is 23.5 Å². The molecule has 0 N–H and O–H groups in total. The van der Waals surface area contributed by atoms with Crippen LogP contribution in [0, 0.1) is 0 Å². The Hall–Kier alpha value is -1.01. The third kappa shape index (κ3) is 5.10. The van der Waals surface area contributed by atoms with Gasteiger partial charge in [0.2, 0.25) is 0 Å². The molecule has 0 aliphatic carbocycles. The van der Waals surface area contributed by atoms with Gasteiger partial charge < -0.3 is 17.1 Å². The molecule has 0 spiro atoms. The van der Waals surface area contributed by atoms with E-state index in [-0.39, 0.29) is 24.2 Å². The van der Waals surface area contributed by atoms with Crippen molar-refractivity contribution < 1.29 is 31.3 Å². The SMILES string of the molecule is COC(=O)CCn1cc[n+](C)c1SCC(C)=O.[Cl-]. The van der Waals surface area contributed by atoms with Gasteiger partial charge in [-0.1, -0.05) is 0 Å². The van der Waals surface area contributed by atoms with Crippen LogP contribution >= 0.6 is 11.8 Å².